The second kappa shape index (κ2) is 8.40. The van der Waals surface area contributed by atoms with Crippen LogP contribution in [0.1, 0.15) is 38.6 Å². The Labute approximate surface area is 185 Å². The molecule has 162 valence electrons. The fourth-order valence-corrected chi connectivity index (χ4v) is 4.25. The zero-order chi connectivity index (χ0) is 22.2. The maximum absolute atomic E-state index is 14.9. The molecule has 3 heterocycles. The average Bonchev–Trinajstić information content (AvgIpc) is 3.10. The van der Waals surface area contributed by atoms with E-state index in [4.69, 9.17) is 16.3 Å². The number of benzene rings is 1. The molecule has 4 rings (SSSR count). The van der Waals surface area contributed by atoms with Crippen molar-refractivity contribution in [1.29, 1.82) is 5.26 Å². The highest BCUT2D eigenvalue weighted by Gasteiger charge is 2.32. The summed E-state index contributed by atoms with van der Waals surface area (Å²) in [5, 5.41) is 13.1. The summed E-state index contributed by atoms with van der Waals surface area (Å²) in [6, 6.07) is 5.78. The minimum atomic E-state index is -0.520. The van der Waals surface area contributed by atoms with Crippen LogP contribution in [-0.4, -0.2) is 39.3 Å². The molecule has 0 bridgehead atoms. The van der Waals surface area contributed by atoms with E-state index in [1.165, 1.54) is 12.3 Å². The lowest BCUT2D eigenvalue weighted by Crippen LogP contribution is -2.35. The lowest BCUT2D eigenvalue weighted by Gasteiger charge is -2.30. The van der Waals surface area contributed by atoms with Gasteiger partial charge in [0.05, 0.1) is 33.9 Å². The Balaban J connectivity index is 1.69. The summed E-state index contributed by atoms with van der Waals surface area (Å²) < 4.78 is 22.2. The quantitative estimate of drug-likeness (QED) is 0.604. The van der Waals surface area contributed by atoms with E-state index in [0.29, 0.717) is 65.9 Å². The van der Waals surface area contributed by atoms with E-state index >= 15 is 0 Å². The Kier molecular flexibility index (Phi) is 5.82. The van der Waals surface area contributed by atoms with Gasteiger partial charge in [-0.25, -0.2) is 19.3 Å². The molecule has 1 aliphatic heterocycles. The number of hydrogen-bond acceptors (Lipinski definition) is 6. The van der Waals surface area contributed by atoms with Crippen molar-refractivity contribution < 1.29 is 9.13 Å². The lowest BCUT2D eigenvalue weighted by molar-refractivity contribution is 0.0455. The smallest absolute Gasteiger partial charge is 0.223 e. The van der Waals surface area contributed by atoms with E-state index in [1.807, 2.05) is 31.4 Å². The number of anilines is 1. The topological polar surface area (TPSA) is 88.7 Å². The molecule has 1 fully saturated rings. The predicted molar refractivity (Wildman–Crippen MR) is 117 cm³/mol. The maximum Gasteiger partial charge on any atom is 0.223 e. The number of aryl methyl sites for hydroxylation is 1. The monoisotopic (exact) mass is 442 g/mol. The zero-order valence-corrected chi connectivity index (χ0v) is 18.5. The van der Waals surface area contributed by atoms with E-state index in [9.17, 15) is 9.65 Å². The number of rotatable bonds is 5. The molecular weight excluding hydrogens is 419 g/mol. The van der Waals surface area contributed by atoms with Crippen LogP contribution in [0.4, 0.5) is 10.3 Å². The SMILES string of the molecule is Cc1nc2c(F)cc(-c3nc(NCC4(C#N)CCOCC4)ncc3Cl)cc2n1C(C)C. The van der Waals surface area contributed by atoms with Crippen molar-refractivity contribution in [2.75, 3.05) is 25.1 Å². The summed E-state index contributed by atoms with van der Waals surface area (Å²) in [6.07, 6.45) is 2.79. The van der Waals surface area contributed by atoms with Gasteiger partial charge in [0, 0.05) is 31.4 Å². The normalized spacial score (nSPS) is 15.9. The highest BCUT2D eigenvalue weighted by atomic mass is 35.5. The molecule has 0 amide bonds. The van der Waals surface area contributed by atoms with Crippen molar-refractivity contribution in [3.63, 3.8) is 0 Å². The minimum absolute atomic E-state index is 0.124. The second-order valence-corrected chi connectivity index (χ2v) is 8.60. The molecule has 31 heavy (non-hydrogen) atoms. The lowest BCUT2D eigenvalue weighted by atomic mass is 9.82. The van der Waals surface area contributed by atoms with Crippen molar-refractivity contribution in [2.24, 2.45) is 5.41 Å². The van der Waals surface area contributed by atoms with Gasteiger partial charge in [-0.2, -0.15) is 5.26 Å². The average molecular weight is 443 g/mol. The van der Waals surface area contributed by atoms with Gasteiger partial charge in [-0.15, -0.1) is 0 Å². The highest BCUT2D eigenvalue weighted by molar-refractivity contribution is 6.33. The number of fused-ring (bicyclic) bond motifs is 1. The standard InChI is InChI=1S/C22H24ClFN6O/c1-13(2)30-14(3)28-20-17(24)8-15(9-18(20)30)19-16(23)10-26-21(29-19)27-12-22(11-25)4-6-31-7-5-22/h8-10,13H,4-7,12H2,1-3H3,(H,26,27,29). The zero-order valence-electron chi connectivity index (χ0n) is 17.7. The third-order valence-electron chi connectivity index (χ3n) is 5.73. The number of ether oxygens (including phenoxy) is 1. The molecule has 3 aromatic rings. The summed E-state index contributed by atoms with van der Waals surface area (Å²) in [5.74, 6) is 0.662. The first-order valence-electron chi connectivity index (χ1n) is 10.3. The van der Waals surface area contributed by atoms with E-state index in [-0.39, 0.29) is 6.04 Å². The van der Waals surface area contributed by atoms with Crippen molar-refractivity contribution in [2.45, 2.75) is 39.7 Å². The number of halogens is 2. The number of nitriles is 1. The van der Waals surface area contributed by atoms with Crippen molar-refractivity contribution in [3.05, 3.63) is 35.0 Å². The number of imidazole rings is 1. The molecule has 9 heteroatoms. The predicted octanol–water partition coefficient (Wildman–Crippen LogP) is 4.91. The van der Waals surface area contributed by atoms with Gasteiger partial charge in [0.25, 0.3) is 0 Å². The minimum Gasteiger partial charge on any atom is -0.381 e. The molecule has 0 aliphatic carbocycles. The molecule has 1 saturated heterocycles. The van der Waals surface area contributed by atoms with Crippen LogP contribution in [0, 0.1) is 29.5 Å². The second-order valence-electron chi connectivity index (χ2n) is 8.20. The van der Waals surface area contributed by atoms with Gasteiger partial charge in [0.2, 0.25) is 5.95 Å². The Morgan fingerprint density at radius 1 is 1.32 bits per heavy atom. The van der Waals surface area contributed by atoms with Crippen molar-refractivity contribution in [3.8, 4) is 17.3 Å². The van der Waals surface area contributed by atoms with Crippen LogP contribution in [0.5, 0.6) is 0 Å². The highest BCUT2D eigenvalue weighted by Crippen LogP contribution is 2.33. The van der Waals surface area contributed by atoms with Gasteiger partial charge in [-0.3, -0.25) is 0 Å². The molecule has 2 aromatic heterocycles. The first-order valence-corrected chi connectivity index (χ1v) is 10.7. The Bertz CT molecular complexity index is 1160. The van der Waals surface area contributed by atoms with Gasteiger partial charge in [-0.05, 0) is 45.7 Å². The van der Waals surface area contributed by atoms with Crippen LogP contribution in [-0.2, 0) is 4.74 Å². The molecule has 0 radical (unpaired) electrons. The van der Waals surface area contributed by atoms with Crippen LogP contribution >= 0.6 is 11.6 Å². The van der Waals surface area contributed by atoms with Crippen LogP contribution < -0.4 is 5.32 Å². The maximum atomic E-state index is 14.9. The van der Waals surface area contributed by atoms with Crippen LogP contribution in [0.3, 0.4) is 0 Å². The molecule has 1 N–H and O–H groups in total. The number of hydrogen-bond donors (Lipinski definition) is 1. The third kappa shape index (κ3) is 4.08. The fourth-order valence-electron chi connectivity index (χ4n) is 4.05. The molecule has 7 nitrogen and oxygen atoms in total. The van der Waals surface area contributed by atoms with E-state index in [0.717, 1.165) is 5.82 Å². The fraction of sp³-hybridized carbons (Fsp3) is 0.455. The Hall–Kier alpha value is -2.76. The Morgan fingerprint density at radius 3 is 2.74 bits per heavy atom. The molecule has 0 unspecified atom stereocenters. The van der Waals surface area contributed by atoms with Crippen LogP contribution in [0.15, 0.2) is 18.3 Å². The molecule has 1 aromatic carbocycles. The van der Waals surface area contributed by atoms with Crippen molar-refractivity contribution in [1.82, 2.24) is 19.5 Å². The molecule has 0 saturated carbocycles. The third-order valence-corrected chi connectivity index (χ3v) is 6.01. The molecule has 1 aliphatic rings. The number of nitrogens with zero attached hydrogens (tertiary/aromatic N) is 5. The van der Waals surface area contributed by atoms with Gasteiger partial charge < -0.3 is 14.6 Å². The summed E-state index contributed by atoms with van der Waals surface area (Å²) in [5.41, 5.74) is 1.47. The van der Waals surface area contributed by atoms with E-state index in [1.54, 1.807) is 0 Å². The first-order chi connectivity index (χ1) is 14.8. The van der Waals surface area contributed by atoms with E-state index in [2.05, 4.69) is 26.3 Å². The van der Waals surface area contributed by atoms with Gasteiger partial charge >= 0.3 is 0 Å². The first kappa shape index (κ1) is 21.5. The van der Waals surface area contributed by atoms with Crippen molar-refractivity contribution >= 4 is 28.6 Å². The van der Waals surface area contributed by atoms with E-state index < -0.39 is 11.2 Å². The number of aromatic nitrogens is 4. The van der Waals surface area contributed by atoms with Gasteiger partial charge in [0.15, 0.2) is 5.82 Å². The molecule has 0 atom stereocenters. The summed E-state index contributed by atoms with van der Waals surface area (Å²) in [7, 11) is 0. The van der Waals surface area contributed by atoms with Crippen LogP contribution in [0.25, 0.3) is 22.3 Å². The molecule has 0 spiro atoms. The number of nitrogens with one attached hydrogen (secondary N) is 1. The summed E-state index contributed by atoms with van der Waals surface area (Å²) in [4.78, 5) is 13.1. The summed E-state index contributed by atoms with van der Waals surface area (Å²) >= 11 is 6.38. The van der Waals surface area contributed by atoms with Gasteiger partial charge in [-0.1, -0.05) is 11.6 Å². The van der Waals surface area contributed by atoms with Gasteiger partial charge in [0.1, 0.15) is 11.3 Å². The largest absolute Gasteiger partial charge is 0.381 e. The van der Waals surface area contributed by atoms with Crippen LogP contribution in [0.2, 0.25) is 5.02 Å². The summed E-state index contributed by atoms with van der Waals surface area (Å²) in [6.45, 7) is 7.44. The Morgan fingerprint density at radius 2 is 2.06 bits per heavy atom. The molecular formula is C22H24ClFN6O.